The molecule has 4 heteroatoms. The van der Waals surface area contributed by atoms with Crippen molar-refractivity contribution >= 4 is 47.9 Å². The van der Waals surface area contributed by atoms with E-state index in [0.29, 0.717) is 0 Å². The van der Waals surface area contributed by atoms with E-state index in [1.165, 1.54) is 0 Å². The van der Waals surface area contributed by atoms with E-state index in [1.807, 2.05) is 0 Å². The molecule has 0 aliphatic carbocycles. The molecule has 0 nitrogen and oxygen atoms in total. The summed E-state index contributed by atoms with van der Waals surface area (Å²) in [4.78, 5) is 0. The molecule has 0 amide bonds. The normalized spacial score (nSPS) is 5.50. The van der Waals surface area contributed by atoms with Crippen molar-refractivity contribution in [3.05, 3.63) is 0 Å². The Labute approximate surface area is 64.5 Å². The minimum Gasteiger partial charge on any atom is 0 e. The van der Waals surface area contributed by atoms with Gasteiger partial charge in [0, 0.05) is 29.6 Å². The number of rotatable bonds is 0. The Bertz CT molecular complexity index is 6.00. The van der Waals surface area contributed by atoms with Gasteiger partial charge in [-0.25, -0.2) is 0 Å². The summed E-state index contributed by atoms with van der Waals surface area (Å²) in [5, 5.41) is 0. The van der Waals surface area contributed by atoms with Crippen LogP contribution in [0.5, 0.6) is 0 Å². The molecule has 4 heavy (non-hydrogen) atoms. The molecule has 26 valence electrons. The van der Waals surface area contributed by atoms with Crippen LogP contribution in [0, 0.1) is 0 Å². The molecule has 0 unspecified atom stereocenters. The fourth-order valence-electron chi connectivity index (χ4n) is 0. The molecule has 0 rings (SSSR count). The van der Waals surface area contributed by atoms with Gasteiger partial charge in [0.05, 0.1) is 0 Å². The average Bonchev–Trinajstić information content (AvgIpc) is 0.918. The maximum absolute atomic E-state index is 4.86. The van der Waals surface area contributed by atoms with E-state index in [1.54, 1.807) is 0 Å². The Morgan fingerprint density at radius 2 is 1.25 bits per heavy atom. The molecule has 0 bridgehead atoms. The molecular formula is AuCl2Na. The smallest absolute Gasteiger partial charge is 0 e. The van der Waals surface area contributed by atoms with E-state index in [2.05, 4.69) is 0 Å². The van der Waals surface area contributed by atoms with Gasteiger partial charge in [0.2, 0.25) is 0 Å². The molecule has 0 saturated carbocycles. The van der Waals surface area contributed by atoms with Crippen molar-refractivity contribution in [3.8, 4) is 0 Å². The largest absolute Gasteiger partial charge is 0 e. The monoisotopic (exact) mass is 290 g/mol. The van der Waals surface area contributed by atoms with Crippen LogP contribution in [-0.4, -0.2) is 29.6 Å². The first-order valence-corrected chi connectivity index (χ1v) is 5.60. The Hall–Kier alpha value is 2.32. The van der Waals surface area contributed by atoms with Gasteiger partial charge < -0.3 is 0 Å². The fourth-order valence-corrected chi connectivity index (χ4v) is 0. The van der Waals surface area contributed by atoms with E-state index in [-0.39, 0.29) is 47.1 Å². The molecule has 0 aliphatic rings. The maximum atomic E-state index is 4.86. The summed E-state index contributed by atoms with van der Waals surface area (Å²) < 4.78 is 0. The molecule has 0 N–H and O–H groups in total. The quantitative estimate of drug-likeness (QED) is 0.584. The SMILES string of the molecule is [Cl][Au][Cl].[Na]. The number of hydrogen-bond acceptors (Lipinski definition) is 0. The van der Waals surface area contributed by atoms with E-state index in [9.17, 15) is 0 Å². The van der Waals surface area contributed by atoms with E-state index >= 15 is 0 Å². The average molecular weight is 291 g/mol. The van der Waals surface area contributed by atoms with Crippen LogP contribution >= 0.6 is 18.4 Å². The zero-order valence-corrected chi connectivity index (χ0v) is 7.74. The van der Waals surface area contributed by atoms with Crippen molar-refractivity contribution in [2.45, 2.75) is 0 Å². The van der Waals surface area contributed by atoms with E-state index in [4.69, 9.17) is 18.4 Å². The Kier molecular flexibility index (Phi) is 21.6. The third-order valence-electron chi connectivity index (χ3n) is 0. The molecule has 0 spiro atoms. The summed E-state index contributed by atoms with van der Waals surface area (Å²) in [6.07, 6.45) is 0. The Morgan fingerprint density at radius 3 is 1.25 bits per heavy atom. The van der Waals surface area contributed by atoms with Gasteiger partial charge in [-0.3, -0.25) is 0 Å². The maximum Gasteiger partial charge on any atom is 0 e. The molecule has 0 heterocycles. The van der Waals surface area contributed by atoms with Gasteiger partial charge in [0.25, 0.3) is 0 Å². The molecule has 0 aromatic heterocycles. The summed E-state index contributed by atoms with van der Waals surface area (Å²) in [6.45, 7) is 0. The molecule has 0 aromatic rings. The Morgan fingerprint density at radius 1 is 1.25 bits per heavy atom. The van der Waals surface area contributed by atoms with Crippen molar-refractivity contribution in [1.82, 2.24) is 0 Å². The third-order valence-corrected chi connectivity index (χ3v) is 0. The summed E-state index contributed by atoms with van der Waals surface area (Å²) >= 11 is -0.389. The zero-order valence-electron chi connectivity index (χ0n) is 2.06. The molecule has 0 saturated heterocycles. The van der Waals surface area contributed by atoms with Crippen molar-refractivity contribution in [2.75, 3.05) is 0 Å². The van der Waals surface area contributed by atoms with Crippen LogP contribution in [0.3, 0.4) is 0 Å². The van der Waals surface area contributed by atoms with E-state index < -0.39 is 0 Å². The van der Waals surface area contributed by atoms with Crippen molar-refractivity contribution in [1.29, 1.82) is 0 Å². The second kappa shape index (κ2) is 9.01. The van der Waals surface area contributed by atoms with Crippen LogP contribution in [0.4, 0.5) is 0 Å². The minimum absolute atomic E-state index is 0. The van der Waals surface area contributed by atoms with Crippen molar-refractivity contribution < 1.29 is 17.6 Å². The predicted molar refractivity (Wildman–Crippen MR) is 17.5 cm³/mol. The number of halogens is 2. The van der Waals surface area contributed by atoms with Gasteiger partial charge in [-0.15, -0.1) is 0 Å². The molecule has 1 radical (unpaired) electrons. The molecule has 0 aromatic carbocycles. The summed E-state index contributed by atoms with van der Waals surface area (Å²) in [5.41, 5.74) is 0. The molecule has 0 fully saturated rings. The fraction of sp³-hybridized carbons (Fsp3) is 0. The van der Waals surface area contributed by atoms with Gasteiger partial charge in [-0.05, 0) is 0 Å². The van der Waals surface area contributed by atoms with Crippen LogP contribution in [0.1, 0.15) is 0 Å². The van der Waals surface area contributed by atoms with Crippen LogP contribution in [0.15, 0.2) is 0 Å². The van der Waals surface area contributed by atoms with Gasteiger partial charge in [0.1, 0.15) is 0 Å². The van der Waals surface area contributed by atoms with Gasteiger partial charge >= 0.3 is 36.0 Å². The topological polar surface area (TPSA) is 0 Å². The first-order chi connectivity index (χ1) is 1.41. The predicted octanol–water partition coefficient (Wildman–Crippen LogP) is 0.996. The van der Waals surface area contributed by atoms with Gasteiger partial charge in [-0.1, -0.05) is 0 Å². The summed E-state index contributed by atoms with van der Waals surface area (Å²) in [7, 11) is 9.72. The minimum atomic E-state index is -0.389. The summed E-state index contributed by atoms with van der Waals surface area (Å²) in [6, 6.07) is 0. The first-order valence-electron chi connectivity index (χ1n) is 0.228. The second-order valence-electron chi connectivity index (χ2n) is 0.0431. The Balaban J connectivity index is 0. The zero-order chi connectivity index (χ0) is 2.71. The standard InChI is InChI=1S/Au.2ClH.Na/h;2*1H;/q+2;;;/p-2. The molecule has 0 aliphatic heterocycles. The van der Waals surface area contributed by atoms with Crippen LogP contribution in [0.2, 0.25) is 0 Å². The number of hydrogen-bond donors (Lipinski definition) is 0. The molecule has 0 atom stereocenters. The van der Waals surface area contributed by atoms with Crippen LogP contribution in [-0.2, 0) is 17.6 Å². The second-order valence-corrected chi connectivity index (χ2v) is 3.17. The van der Waals surface area contributed by atoms with Gasteiger partial charge in [0.15, 0.2) is 0 Å². The molecular weight excluding hydrogens is 291 g/mol. The van der Waals surface area contributed by atoms with Crippen LogP contribution in [0.25, 0.3) is 0 Å². The van der Waals surface area contributed by atoms with E-state index in [0.717, 1.165) is 0 Å². The van der Waals surface area contributed by atoms with Crippen molar-refractivity contribution in [3.63, 3.8) is 0 Å². The van der Waals surface area contributed by atoms with Gasteiger partial charge in [-0.2, -0.15) is 0 Å². The van der Waals surface area contributed by atoms with Crippen LogP contribution < -0.4 is 0 Å². The summed E-state index contributed by atoms with van der Waals surface area (Å²) in [5.74, 6) is 0. The third kappa shape index (κ3) is 8.85. The van der Waals surface area contributed by atoms with Crippen molar-refractivity contribution in [2.24, 2.45) is 0 Å². The first kappa shape index (κ1) is 9.58.